The number of carboxylic acids is 2. The molecule has 0 bridgehead atoms. The third-order valence-electron chi connectivity index (χ3n) is 6.54. The van der Waals surface area contributed by atoms with Crippen LogP contribution in [0, 0.1) is 0 Å². The van der Waals surface area contributed by atoms with Crippen molar-refractivity contribution in [2.75, 3.05) is 18.6 Å². The molecule has 3 amide bonds. The number of H-pyrrole nitrogens is 1. The van der Waals surface area contributed by atoms with E-state index in [1.165, 1.54) is 11.8 Å². The van der Waals surface area contributed by atoms with Crippen molar-refractivity contribution in [3.05, 3.63) is 36.0 Å². The first kappa shape index (κ1) is 34.9. The molecule has 0 aliphatic carbocycles. The number of carboxylic acid groups (broad SMARTS) is 2. The Hall–Kier alpha value is -4.31. The number of nitrogens with one attached hydrogen (secondary N) is 4. The summed E-state index contributed by atoms with van der Waals surface area (Å²) in [6.45, 7) is 0.134. The van der Waals surface area contributed by atoms with Gasteiger partial charge in [-0.3, -0.25) is 24.2 Å². The number of aromatic nitrogens is 1. The van der Waals surface area contributed by atoms with E-state index in [9.17, 15) is 34.2 Å². The zero-order valence-corrected chi connectivity index (χ0v) is 24.7. The summed E-state index contributed by atoms with van der Waals surface area (Å²) >= 11 is 1.52. The van der Waals surface area contributed by atoms with Crippen LogP contribution in [0.5, 0.6) is 0 Å². The third-order valence-corrected chi connectivity index (χ3v) is 7.19. The minimum Gasteiger partial charge on any atom is -0.481 e. The van der Waals surface area contributed by atoms with E-state index in [1.807, 2.05) is 30.5 Å². The molecule has 0 spiro atoms. The van der Waals surface area contributed by atoms with Crippen LogP contribution in [0.2, 0.25) is 0 Å². The van der Waals surface area contributed by atoms with Gasteiger partial charge in [-0.2, -0.15) is 11.8 Å². The molecule has 15 nitrogen and oxygen atoms in total. The molecule has 0 saturated heterocycles. The van der Waals surface area contributed by atoms with Gasteiger partial charge >= 0.3 is 11.9 Å². The number of nitrogens with zero attached hydrogens (tertiary/aromatic N) is 1. The lowest BCUT2D eigenvalue weighted by molar-refractivity contribution is -0.143. The fourth-order valence-electron chi connectivity index (χ4n) is 4.23. The van der Waals surface area contributed by atoms with E-state index in [2.05, 4.69) is 25.9 Å². The van der Waals surface area contributed by atoms with Crippen molar-refractivity contribution < 1.29 is 34.2 Å². The Morgan fingerprint density at radius 2 is 1.58 bits per heavy atom. The fraction of sp³-hybridized carbons (Fsp3) is 0.481. The predicted octanol–water partition coefficient (Wildman–Crippen LogP) is -0.752. The number of hydrogen-bond donors (Lipinski definition) is 9. The largest absolute Gasteiger partial charge is 0.481 e. The van der Waals surface area contributed by atoms with E-state index in [0.29, 0.717) is 17.7 Å². The summed E-state index contributed by atoms with van der Waals surface area (Å²) in [7, 11) is 0. The summed E-state index contributed by atoms with van der Waals surface area (Å²) in [5.41, 5.74) is 18.1. The molecule has 0 fully saturated rings. The Morgan fingerprint density at radius 3 is 2.23 bits per heavy atom. The summed E-state index contributed by atoms with van der Waals surface area (Å²) in [6, 6.07) is 2.56. The van der Waals surface area contributed by atoms with E-state index in [1.54, 1.807) is 6.20 Å². The quantitative estimate of drug-likeness (QED) is 0.0535. The van der Waals surface area contributed by atoms with E-state index in [0.717, 1.165) is 10.9 Å². The normalized spacial score (nSPS) is 13.7. The second-order valence-corrected chi connectivity index (χ2v) is 10.8. The molecule has 43 heavy (non-hydrogen) atoms. The van der Waals surface area contributed by atoms with Crippen molar-refractivity contribution in [2.24, 2.45) is 22.2 Å². The number of fused-ring (bicyclic) bond motifs is 1. The van der Waals surface area contributed by atoms with E-state index in [4.69, 9.17) is 17.2 Å². The molecule has 1 heterocycles. The minimum atomic E-state index is -1.41. The van der Waals surface area contributed by atoms with Crippen LogP contribution in [0.4, 0.5) is 0 Å². The van der Waals surface area contributed by atoms with E-state index < -0.39 is 60.2 Å². The van der Waals surface area contributed by atoms with Gasteiger partial charge in [-0.05, 0) is 49.3 Å². The number of guanidine groups is 1. The molecule has 0 aliphatic heterocycles. The van der Waals surface area contributed by atoms with Crippen molar-refractivity contribution in [1.82, 2.24) is 20.9 Å². The highest BCUT2D eigenvalue weighted by atomic mass is 32.2. The lowest BCUT2D eigenvalue weighted by Crippen LogP contribution is -2.57. The number of carbonyl (C=O) groups excluding carboxylic acids is 3. The number of hydrogen-bond acceptors (Lipinski definition) is 8. The molecule has 236 valence electrons. The molecule has 0 saturated carbocycles. The first-order chi connectivity index (χ1) is 20.4. The smallest absolute Gasteiger partial charge is 0.326 e. The number of aliphatic imine (C=N–C) groups is 1. The summed E-state index contributed by atoms with van der Waals surface area (Å²) in [5, 5.41) is 27.2. The van der Waals surface area contributed by atoms with Crippen LogP contribution >= 0.6 is 11.8 Å². The summed E-state index contributed by atoms with van der Waals surface area (Å²) in [4.78, 5) is 69.6. The number of para-hydroxylation sites is 1. The highest BCUT2D eigenvalue weighted by Gasteiger charge is 2.31. The zero-order chi connectivity index (χ0) is 31.9. The number of nitrogens with two attached hydrogens (primary N) is 3. The van der Waals surface area contributed by atoms with Gasteiger partial charge in [0, 0.05) is 36.5 Å². The molecule has 4 atom stereocenters. The summed E-state index contributed by atoms with van der Waals surface area (Å²) in [6.07, 6.45) is 3.39. The monoisotopic (exact) mass is 620 g/mol. The number of aliphatic carboxylic acids is 2. The average Bonchev–Trinajstić information content (AvgIpc) is 3.37. The van der Waals surface area contributed by atoms with Gasteiger partial charge in [-0.15, -0.1) is 0 Å². The number of benzene rings is 1. The minimum absolute atomic E-state index is 0.0232. The van der Waals surface area contributed by atoms with Gasteiger partial charge in [-0.25, -0.2) is 4.79 Å². The zero-order valence-electron chi connectivity index (χ0n) is 23.9. The average molecular weight is 621 g/mol. The second kappa shape index (κ2) is 17.6. The van der Waals surface area contributed by atoms with Gasteiger partial charge in [-0.1, -0.05) is 18.2 Å². The van der Waals surface area contributed by atoms with Crippen molar-refractivity contribution in [3.63, 3.8) is 0 Å². The van der Waals surface area contributed by atoms with Gasteiger partial charge in [0.15, 0.2) is 5.96 Å². The number of amides is 3. The molecule has 1 aromatic heterocycles. The van der Waals surface area contributed by atoms with Crippen molar-refractivity contribution >= 4 is 58.3 Å². The van der Waals surface area contributed by atoms with Gasteiger partial charge in [0.1, 0.15) is 18.1 Å². The van der Waals surface area contributed by atoms with Gasteiger partial charge < -0.3 is 48.3 Å². The number of thioether (sulfide) groups is 1. The maximum absolute atomic E-state index is 13.6. The number of aromatic amines is 1. The van der Waals surface area contributed by atoms with Crippen molar-refractivity contribution in [2.45, 2.75) is 62.7 Å². The molecule has 2 rings (SSSR count). The van der Waals surface area contributed by atoms with Crippen LogP contribution in [-0.2, 0) is 30.4 Å². The van der Waals surface area contributed by atoms with Crippen LogP contribution in [0.25, 0.3) is 10.9 Å². The van der Waals surface area contributed by atoms with Gasteiger partial charge in [0.05, 0.1) is 6.04 Å². The molecule has 12 N–H and O–H groups in total. The Bertz CT molecular complexity index is 1300. The SMILES string of the molecule is CSCCC(N)C(=O)NC(Cc1c[nH]c2ccccc12)C(=O)NC(CCC(=O)O)C(=O)NC(CCCN=C(N)N)C(=O)O. The van der Waals surface area contributed by atoms with Gasteiger partial charge in [0.25, 0.3) is 0 Å². The molecule has 4 unspecified atom stereocenters. The van der Waals surface area contributed by atoms with Crippen LogP contribution < -0.4 is 33.2 Å². The maximum atomic E-state index is 13.6. The molecule has 16 heteroatoms. The molecule has 0 aliphatic rings. The van der Waals surface area contributed by atoms with E-state index >= 15 is 0 Å². The first-order valence-corrected chi connectivity index (χ1v) is 15.0. The standard InChI is InChI=1S/C27H40N8O7S/c1-43-12-10-17(28)23(38)35-21(13-15-14-32-18-6-3-2-5-16(15)18)25(40)33-19(8-9-22(36)37)24(39)34-20(26(41)42)7-4-11-31-27(29)30/h2-3,5-6,14,17,19-21,32H,4,7-13,28H2,1H3,(H,33,40)(H,34,39)(H,35,38)(H,36,37)(H,41,42)(H4,29,30,31). The molecular formula is C27H40N8O7S. The summed E-state index contributed by atoms with van der Waals surface area (Å²) in [5.74, 6) is -4.30. The van der Waals surface area contributed by atoms with Crippen LogP contribution in [-0.4, -0.2) is 93.5 Å². The Kier molecular flexibility index (Phi) is 14.3. The van der Waals surface area contributed by atoms with E-state index in [-0.39, 0.29) is 38.2 Å². The second-order valence-electron chi connectivity index (χ2n) is 9.85. The van der Waals surface area contributed by atoms with Gasteiger partial charge in [0.2, 0.25) is 17.7 Å². The topological polar surface area (TPSA) is 268 Å². The Balaban J connectivity index is 2.26. The lowest BCUT2D eigenvalue weighted by atomic mass is 10.0. The fourth-order valence-corrected chi connectivity index (χ4v) is 4.72. The van der Waals surface area contributed by atoms with Crippen molar-refractivity contribution in [1.29, 1.82) is 0 Å². The highest BCUT2D eigenvalue weighted by molar-refractivity contribution is 7.98. The maximum Gasteiger partial charge on any atom is 0.326 e. The van der Waals surface area contributed by atoms with Crippen molar-refractivity contribution in [3.8, 4) is 0 Å². The first-order valence-electron chi connectivity index (χ1n) is 13.6. The van der Waals surface area contributed by atoms with Crippen LogP contribution in [0.15, 0.2) is 35.5 Å². The summed E-state index contributed by atoms with van der Waals surface area (Å²) < 4.78 is 0. The number of rotatable bonds is 19. The van der Waals surface area contributed by atoms with Crippen LogP contribution in [0.1, 0.15) is 37.7 Å². The molecule has 0 radical (unpaired) electrons. The Morgan fingerprint density at radius 1 is 0.930 bits per heavy atom. The Labute approximate surface area is 252 Å². The molecular weight excluding hydrogens is 580 g/mol. The number of carbonyl (C=O) groups is 5. The molecule has 2 aromatic rings. The predicted molar refractivity (Wildman–Crippen MR) is 163 cm³/mol. The highest BCUT2D eigenvalue weighted by Crippen LogP contribution is 2.19. The third kappa shape index (κ3) is 11.8. The lowest BCUT2D eigenvalue weighted by Gasteiger charge is -2.25. The van der Waals surface area contributed by atoms with Crippen LogP contribution in [0.3, 0.4) is 0 Å². The molecule has 1 aromatic carbocycles.